The van der Waals surface area contributed by atoms with Crippen molar-refractivity contribution in [3.05, 3.63) is 30.5 Å². The summed E-state index contributed by atoms with van der Waals surface area (Å²) in [5.74, 6) is -0.898. The molecule has 0 radical (unpaired) electrons. The molecule has 0 N–H and O–H groups in total. The lowest BCUT2D eigenvalue weighted by atomic mass is 10.3. The molecule has 0 bridgehead atoms. The summed E-state index contributed by atoms with van der Waals surface area (Å²) in [6.45, 7) is 0. The molecule has 0 saturated heterocycles. The van der Waals surface area contributed by atoms with Crippen molar-refractivity contribution in [1.82, 2.24) is 4.98 Å². The van der Waals surface area contributed by atoms with E-state index in [0.29, 0.717) is 0 Å². The van der Waals surface area contributed by atoms with Crippen molar-refractivity contribution < 1.29 is 13.7 Å². The summed E-state index contributed by atoms with van der Waals surface area (Å²) in [6, 6.07) is 0.957. The predicted molar refractivity (Wildman–Crippen MR) is 53.6 cm³/mol. The third kappa shape index (κ3) is 2.27. The predicted octanol–water partition coefficient (Wildman–Crippen LogP) is 3.19. The summed E-state index contributed by atoms with van der Waals surface area (Å²) in [4.78, 5) is 12.6. The number of hydrogen-bond donors (Lipinski definition) is 0. The van der Waals surface area contributed by atoms with Crippen LogP contribution in [0, 0.1) is 13.7 Å². The minimum Gasteiger partial charge on any atom is -0.358 e. The van der Waals surface area contributed by atoms with Gasteiger partial charge in [0.15, 0.2) is 0 Å². The van der Waals surface area contributed by atoms with Crippen LogP contribution in [0.1, 0.15) is 12.0 Å². The first-order chi connectivity index (χ1) is 6.43. The van der Waals surface area contributed by atoms with E-state index in [0.717, 1.165) is 6.07 Å². The Kier molecular flexibility index (Phi) is 3.53. The molecule has 0 fully saturated rings. The first-order valence-electron chi connectivity index (χ1n) is 3.22. The number of nitrogens with zero attached hydrogens (tertiary/aromatic N) is 2. The van der Waals surface area contributed by atoms with Crippen LogP contribution in [0.4, 0.5) is 14.6 Å². The highest BCUT2D eigenvalue weighted by molar-refractivity contribution is 14.1. The van der Waals surface area contributed by atoms with Crippen LogP contribution in [0.5, 0.6) is 0 Å². The highest BCUT2D eigenvalue weighted by Gasteiger charge is 2.25. The van der Waals surface area contributed by atoms with Crippen molar-refractivity contribution in [2.75, 3.05) is 0 Å². The van der Waals surface area contributed by atoms with Gasteiger partial charge in [0, 0.05) is 0 Å². The Morgan fingerprint density at radius 3 is 2.64 bits per heavy atom. The fourth-order valence-electron chi connectivity index (χ4n) is 0.778. The third-order valence-electron chi connectivity index (χ3n) is 1.35. The van der Waals surface area contributed by atoms with Crippen LogP contribution in [-0.4, -0.2) is 9.91 Å². The summed E-state index contributed by atoms with van der Waals surface area (Å²) < 4.78 is 24.9. The van der Waals surface area contributed by atoms with E-state index in [1.807, 2.05) is 0 Å². The zero-order chi connectivity index (χ0) is 10.9. The molecule has 0 aliphatic heterocycles. The second kappa shape index (κ2) is 4.30. The van der Waals surface area contributed by atoms with Crippen LogP contribution in [0.2, 0.25) is 5.15 Å². The number of pyridine rings is 1. The number of rotatable bonds is 2. The molecular weight excluding hydrogens is 332 g/mol. The summed E-state index contributed by atoms with van der Waals surface area (Å²) in [6.07, 6.45) is -2.94. The van der Waals surface area contributed by atoms with E-state index in [9.17, 15) is 18.9 Å². The number of nitro groups is 1. The molecule has 1 rings (SSSR count). The Labute approximate surface area is 95.6 Å². The van der Waals surface area contributed by atoms with E-state index in [4.69, 9.17) is 11.6 Å². The maximum absolute atomic E-state index is 12.3. The Balaban J connectivity index is 3.39. The first-order valence-corrected chi connectivity index (χ1v) is 4.67. The molecule has 0 amide bonds. The second-order valence-corrected chi connectivity index (χ2v) is 3.75. The van der Waals surface area contributed by atoms with Gasteiger partial charge >= 0.3 is 5.82 Å². The third-order valence-corrected chi connectivity index (χ3v) is 2.78. The molecule has 0 aliphatic rings. The van der Waals surface area contributed by atoms with Crippen LogP contribution in [0.25, 0.3) is 0 Å². The minimum absolute atomic E-state index is 0.151. The normalized spacial score (nSPS) is 10.6. The lowest BCUT2D eigenvalue weighted by Gasteiger charge is -2.01. The lowest BCUT2D eigenvalue weighted by Crippen LogP contribution is -2.00. The van der Waals surface area contributed by atoms with Crippen molar-refractivity contribution >= 4 is 40.0 Å². The first kappa shape index (κ1) is 11.5. The fraction of sp³-hybridized carbons (Fsp3) is 0.167. The van der Waals surface area contributed by atoms with Gasteiger partial charge in [0.2, 0.25) is 0 Å². The van der Waals surface area contributed by atoms with Crippen molar-refractivity contribution in [3.63, 3.8) is 0 Å². The molecule has 1 heterocycles. The van der Waals surface area contributed by atoms with Gasteiger partial charge in [-0.1, -0.05) is 0 Å². The van der Waals surface area contributed by atoms with Gasteiger partial charge < -0.3 is 10.1 Å². The summed E-state index contributed by atoms with van der Waals surface area (Å²) in [7, 11) is 0. The molecule has 0 saturated carbocycles. The number of aromatic nitrogens is 1. The molecule has 4 nitrogen and oxygen atoms in total. The van der Waals surface area contributed by atoms with Gasteiger partial charge in [0.25, 0.3) is 11.6 Å². The summed E-state index contributed by atoms with van der Waals surface area (Å²) >= 11 is 7.14. The zero-order valence-electron chi connectivity index (χ0n) is 6.38. The second-order valence-electron chi connectivity index (χ2n) is 2.23. The van der Waals surface area contributed by atoms with Gasteiger partial charge in [0.05, 0.1) is 3.57 Å². The molecule has 0 atom stereocenters. The van der Waals surface area contributed by atoms with Gasteiger partial charge in [-0.3, -0.25) is 0 Å². The summed E-state index contributed by atoms with van der Waals surface area (Å²) in [5, 5.41) is 10.2. The highest BCUT2D eigenvalue weighted by atomic mass is 127. The zero-order valence-corrected chi connectivity index (χ0v) is 9.29. The Hall–Kier alpha value is -0.570. The van der Waals surface area contributed by atoms with Crippen molar-refractivity contribution in [1.29, 1.82) is 0 Å². The number of halogens is 4. The van der Waals surface area contributed by atoms with Crippen LogP contribution >= 0.6 is 34.2 Å². The molecule has 0 aromatic carbocycles. The fourth-order valence-corrected chi connectivity index (χ4v) is 1.37. The smallest absolute Gasteiger partial charge is 0.358 e. The largest absolute Gasteiger partial charge is 0.374 e. The van der Waals surface area contributed by atoms with Crippen molar-refractivity contribution in [3.8, 4) is 0 Å². The topological polar surface area (TPSA) is 56.0 Å². The monoisotopic (exact) mass is 334 g/mol. The summed E-state index contributed by atoms with van der Waals surface area (Å²) in [5.41, 5.74) is -0.719. The van der Waals surface area contributed by atoms with E-state index >= 15 is 0 Å². The number of alkyl halides is 2. The average molecular weight is 334 g/mol. The standard InChI is InChI=1S/C6H2ClF2IN2O2/c7-4-3(10)1-2(5(8)9)6(11-4)12(13)14/h1,5H. The molecule has 8 heteroatoms. The lowest BCUT2D eigenvalue weighted by molar-refractivity contribution is -0.391. The van der Waals surface area contributed by atoms with Crippen molar-refractivity contribution in [2.45, 2.75) is 6.43 Å². The van der Waals surface area contributed by atoms with Gasteiger partial charge in [-0.05, 0) is 50.2 Å². The Morgan fingerprint density at radius 2 is 2.21 bits per heavy atom. The maximum atomic E-state index is 12.3. The highest BCUT2D eigenvalue weighted by Crippen LogP contribution is 2.31. The molecular formula is C6H2ClF2IN2O2. The van der Waals surface area contributed by atoms with E-state index in [2.05, 4.69) is 4.98 Å². The van der Waals surface area contributed by atoms with Crippen LogP contribution in [0.3, 0.4) is 0 Å². The average Bonchev–Trinajstić information content (AvgIpc) is 2.08. The van der Waals surface area contributed by atoms with Crippen LogP contribution in [0.15, 0.2) is 6.07 Å². The van der Waals surface area contributed by atoms with E-state index in [-0.39, 0.29) is 8.72 Å². The van der Waals surface area contributed by atoms with Crippen LogP contribution in [-0.2, 0) is 0 Å². The molecule has 1 aromatic heterocycles. The molecule has 0 unspecified atom stereocenters. The van der Waals surface area contributed by atoms with E-state index in [1.54, 1.807) is 22.6 Å². The van der Waals surface area contributed by atoms with Crippen LogP contribution < -0.4 is 0 Å². The SMILES string of the molecule is O=[N+]([O-])c1nc(Cl)c(I)cc1C(F)F. The van der Waals surface area contributed by atoms with Gasteiger partial charge in [-0.25, -0.2) is 8.78 Å². The van der Waals surface area contributed by atoms with Gasteiger partial charge in [0.1, 0.15) is 5.56 Å². The van der Waals surface area contributed by atoms with E-state index in [1.165, 1.54) is 0 Å². The molecule has 0 spiro atoms. The van der Waals surface area contributed by atoms with Crippen molar-refractivity contribution in [2.24, 2.45) is 0 Å². The van der Waals surface area contributed by atoms with Gasteiger partial charge in [-0.2, -0.15) is 0 Å². The minimum atomic E-state index is -2.94. The Morgan fingerprint density at radius 1 is 1.64 bits per heavy atom. The van der Waals surface area contributed by atoms with E-state index < -0.39 is 22.7 Å². The molecule has 14 heavy (non-hydrogen) atoms. The molecule has 76 valence electrons. The van der Waals surface area contributed by atoms with Gasteiger partial charge in [-0.15, -0.1) is 0 Å². The Bertz CT molecular complexity index is 388. The molecule has 0 aliphatic carbocycles. The molecule has 1 aromatic rings. The number of hydrogen-bond acceptors (Lipinski definition) is 3. The maximum Gasteiger partial charge on any atom is 0.374 e. The quantitative estimate of drug-likeness (QED) is 0.361.